The minimum absolute atomic E-state index is 0.0146. The zero-order valence-corrected chi connectivity index (χ0v) is 19.3. The topological polar surface area (TPSA) is 88.8 Å². The SMILES string of the molecule is CC.CCOc1cc(N)c(Cl)cc1C(=O)NCC1CN(CC2CCNCC2)CCO1. The number of piperidine rings is 1. The van der Waals surface area contributed by atoms with Crippen LogP contribution >= 0.6 is 11.6 Å². The quantitative estimate of drug-likeness (QED) is 0.565. The maximum Gasteiger partial charge on any atom is 0.255 e. The lowest BCUT2D eigenvalue weighted by atomic mass is 9.97. The summed E-state index contributed by atoms with van der Waals surface area (Å²) in [7, 11) is 0. The Morgan fingerprint density at radius 2 is 2.10 bits per heavy atom. The zero-order valence-electron chi connectivity index (χ0n) is 18.5. The number of hydrogen-bond donors (Lipinski definition) is 3. The van der Waals surface area contributed by atoms with Crippen LogP contribution in [0.3, 0.4) is 0 Å². The van der Waals surface area contributed by atoms with Crippen LogP contribution in [-0.4, -0.2) is 69.4 Å². The van der Waals surface area contributed by atoms with Gasteiger partial charge >= 0.3 is 0 Å². The van der Waals surface area contributed by atoms with Gasteiger partial charge in [0.1, 0.15) is 5.75 Å². The van der Waals surface area contributed by atoms with E-state index in [2.05, 4.69) is 15.5 Å². The fourth-order valence-corrected chi connectivity index (χ4v) is 3.99. The highest BCUT2D eigenvalue weighted by Crippen LogP contribution is 2.29. The molecule has 0 bridgehead atoms. The van der Waals surface area contributed by atoms with E-state index >= 15 is 0 Å². The standard InChI is InChI=1S/C20H31ClN4O3.C2H6/c1-2-27-19-10-18(22)17(21)9-16(19)20(26)24-11-15-13-25(7-8-28-15)12-14-3-5-23-6-4-14;1-2/h9-10,14-15,23H,2-8,11-13,22H2,1H3,(H,24,26);1-2H3. The molecule has 8 heteroatoms. The molecule has 0 aromatic heterocycles. The molecule has 1 unspecified atom stereocenters. The number of morpholine rings is 1. The number of ether oxygens (including phenoxy) is 2. The fourth-order valence-electron chi connectivity index (χ4n) is 3.82. The number of nitrogens with one attached hydrogen (secondary N) is 2. The third kappa shape index (κ3) is 7.30. The van der Waals surface area contributed by atoms with Gasteiger partial charge in [0.25, 0.3) is 5.91 Å². The van der Waals surface area contributed by atoms with E-state index in [1.165, 1.54) is 12.8 Å². The first-order chi connectivity index (χ1) is 14.6. The molecule has 1 amide bonds. The van der Waals surface area contributed by atoms with Gasteiger partial charge in [-0.05, 0) is 44.8 Å². The van der Waals surface area contributed by atoms with Gasteiger partial charge in [0.15, 0.2) is 0 Å². The van der Waals surface area contributed by atoms with Gasteiger partial charge in [-0.1, -0.05) is 25.4 Å². The van der Waals surface area contributed by atoms with E-state index in [4.69, 9.17) is 26.8 Å². The van der Waals surface area contributed by atoms with Crippen LogP contribution in [0.2, 0.25) is 5.02 Å². The molecule has 7 nitrogen and oxygen atoms in total. The summed E-state index contributed by atoms with van der Waals surface area (Å²) in [6.45, 7) is 12.6. The first-order valence-corrected chi connectivity index (χ1v) is 11.5. The monoisotopic (exact) mass is 440 g/mol. The second-order valence-electron chi connectivity index (χ2n) is 7.46. The van der Waals surface area contributed by atoms with Crippen LogP contribution in [0.15, 0.2) is 12.1 Å². The lowest BCUT2D eigenvalue weighted by Gasteiger charge is -2.36. The Balaban J connectivity index is 0.00000155. The Labute approximate surface area is 185 Å². The number of benzene rings is 1. The number of rotatable bonds is 7. The third-order valence-corrected chi connectivity index (χ3v) is 5.66. The summed E-state index contributed by atoms with van der Waals surface area (Å²) in [5.74, 6) is 0.962. The van der Waals surface area contributed by atoms with Crippen LogP contribution in [-0.2, 0) is 4.74 Å². The number of nitrogens with two attached hydrogens (primary N) is 1. The molecule has 4 N–H and O–H groups in total. The highest BCUT2D eigenvalue weighted by atomic mass is 35.5. The van der Waals surface area contributed by atoms with E-state index in [9.17, 15) is 4.79 Å². The molecule has 1 atom stereocenters. The number of amides is 1. The third-order valence-electron chi connectivity index (χ3n) is 5.33. The first kappa shape index (κ1) is 24.7. The lowest BCUT2D eigenvalue weighted by molar-refractivity contribution is -0.0320. The highest BCUT2D eigenvalue weighted by molar-refractivity contribution is 6.33. The van der Waals surface area contributed by atoms with Gasteiger partial charge in [0.05, 0.1) is 35.6 Å². The minimum atomic E-state index is -0.232. The Morgan fingerprint density at radius 1 is 1.37 bits per heavy atom. The Kier molecular flexibility index (Phi) is 10.7. The molecule has 1 aromatic carbocycles. The van der Waals surface area contributed by atoms with Crippen molar-refractivity contribution in [1.82, 2.24) is 15.5 Å². The molecule has 2 aliphatic rings. The number of anilines is 1. The van der Waals surface area contributed by atoms with Crippen molar-refractivity contribution in [2.75, 3.05) is 58.2 Å². The molecule has 2 fully saturated rings. The molecule has 0 aliphatic carbocycles. The summed E-state index contributed by atoms with van der Waals surface area (Å²) >= 11 is 6.09. The predicted molar refractivity (Wildman–Crippen MR) is 122 cm³/mol. The van der Waals surface area contributed by atoms with Gasteiger partial charge in [0.2, 0.25) is 0 Å². The molecule has 170 valence electrons. The predicted octanol–water partition coefficient (Wildman–Crippen LogP) is 2.78. The average molecular weight is 441 g/mol. The number of nitrogen functional groups attached to an aromatic ring is 1. The largest absolute Gasteiger partial charge is 0.493 e. The van der Waals surface area contributed by atoms with Crippen LogP contribution in [0.5, 0.6) is 5.75 Å². The van der Waals surface area contributed by atoms with Gasteiger partial charge in [-0.2, -0.15) is 0 Å². The normalized spacial score (nSPS) is 20.2. The smallest absolute Gasteiger partial charge is 0.255 e. The lowest BCUT2D eigenvalue weighted by Crippen LogP contribution is -2.49. The molecule has 0 saturated carbocycles. The summed E-state index contributed by atoms with van der Waals surface area (Å²) in [5, 5.41) is 6.71. The molecule has 0 radical (unpaired) electrons. The molecule has 2 saturated heterocycles. The van der Waals surface area contributed by atoms with Crippen LogP contribution in [0.4, 0.5) is 5.69 Å². The molecule has 3 rings (SSSR count). The van der Waals surface area contributed by atoms with Crippen molar-refractivity contribution in [3.8, 4) is 5.75 Å². The van der Waals surface area contributed by atoms with E-state index in [1.807, 2.05) is 20.8 Å². The number of carbonyl (C=O) groups excluding carboxylic acids is 1. The number of halogens is 1. The van der Waals surface area contributed by atoms with Gasteiger partial charge in [-0.3, -0.25) is 9.69 Å². The highest BCUT2D eigenvalue weighted by Gasteiger charge is 2.25. The maximum atomic E-state index is 12.7. The molecule has 30 heavy (non-hydrogen) atoms. The summed E-state index contributed by atoms with van der Waals surface area (Å²) < 4.78 is 11.4. The molecule has 2 aliphatic heterocycles. The van der Waals surface area contributed by atoms with Crippen molar-refractivity contribution in [2.24, 2.45) is 5.92 Å². The van der Waals surface area contributed by atoms with Crippen LogP contribution in [0.1, 0.15) is 44.0 Å². The van der Waals surface area contributed by atoms with Gasteiger partial charge in [-0.15, -0.1) is 0 Å². The molecular weight excluding hydrogens is 404 g/mol. The van der Waals surface area contributed by atoms with Gasteiger partial charge in [0, 0.05) is 32.2 Å². The fraction of sp³-hybridized carbons (Fsp3) is 0.682. The number of hydrogen-bond acceptors (Lipinski definition) is 6. The second kappa shape index (κ2) is 13.0. The summed E-state index contributed by atoms with van der Waals surface area (Å²) in [5.41, 5.74) is 6.62. The van der Waals surface area contributed by atoms with E-state index in [0.717, 1.165) is 38.6 Å². The van der Waals surface area contributed by atoms with Crippen molar-refractivity contribution in [2.45, 2.75) is 39.7 Å². The van der Waals surface area contributed by atoms with Crippen molar-refractivity contribution in [3.05, 3.63) is 22.7 Å². The summed E-state index contributed by atoms with van der Waals surface area (Å²) in [6.07, 6.45) is 2.45. The molecular formula is C22H37ClN4O3. The maximum absolute atomic E-state index is 12.7. The van der Waals surface area contributed by atoms with Crippen LogP contribution < -0.4 is 21.1 Å². The number of nitrogens with zero attached hydrogens (tertiary/aromatic N) is 1. The molecule has 0 spiro atoms. The van der Waals surface area contributed by atoms with Crippen molar-refractivity contribution >= 4 is 23.2 Å². The number of carbonyl (C=O) groups is 1. The molecule has 1 aromatic rings. The zero-order chi connectivity index (χ0) is 21.9. The Bertz CT molecular complexity index is 668. The van der Waals surface area contributed by atoms with Crippen LogP contribution in [0.25, 0.3) is 0 Å². The van der Waals surface area contributed by atoms with E-state index in [0.29, 0.717) is 41.8 Å². The van der Waals surface area contributed by atoms with Crippen molar-refractivity contribution < 1.29 is 14.3 Å². The van der Waals surface area contributed by atoms with E-state index in [-0.39, 0.29) is 12.0 Å². The second-order valence-corrected chi connectivity index (χ2v) is 7.87. The van der Waals surface area contributed by atoms with Crippen LogP contribution in [0, 0.1) is 5.92 Å². The van der Waals surface area contributed by atoms with E-state index < -0.39 is 0 Å². The van der Waals surface area contributed by atoms with Crippen molar-refractivity contribution in [1.29, 1.82) is 0 Å². The van der Waals surface area contributed by atoms with E-state index in [1.54, 1.807) is 12.1 Å². The Morgan fingerprint density at radius 3 is 2.80 bits per heavy atom. The molecule has 2 heterocycles. The average Bonchev–Trinajstić information content (AvgIpc) is 2.77. The van der Waals surface area contributed by atoms with Crippen molar-refractivity contribution in [3.63, 3.8) is 0 Å². The first-order valence-electron chi connectivity index (χ1n) is 11.1. The van der Waals surface area contributed by atoms with Gasteiger partial charge in [-0.25, -0.2) is 0 Å². The minimum Gasteiger partial charge on any atom is -0.493 e. The Hall–Kier alpha value is -1.54. The van der Waals surface area contributed by atoms with Gasteiger partial charge < -0.3 is 25.8 Å². The summed E-state index contributed by atoms with van der Waals surface area (Å²) in [6, 6.07) is 3.15. The summed E-state index contributed by atoms with van der Waals surface area (Å²) in [4.78, 5) is 15.1.